The maximum absolute atomic E-state index is 11.4. The van der Waals surface area contributed by atoms with Crippen LogP contribution in [0.4, 0.5) is 11.4 Å². The van der Waals surface area contributed by atoms with Crippen LogP contribution in [-0.2, 0) is 13.1 Å². The first kappa shape index (κ1) is 17.3. The zero-order chi connectivity index (χ0) is 18.5. The maximum atomic E-state index is 11.4. The van der Waals surface area contributed by atoms with E-state index in [0.717, 1.165) is 11.1 Å². The second-order valence-electron chi connectivity index (χ2n) is 5.81. The third kappa shape index (κ3) is 4.10. The molecule has 2 aromatic carbocycles. The number of hydrogen-bond donors (Lipinski definition) is 1. The quantitative estimate of drug-likeness (QED) is 0.399. The van der Waals surface area contributed by atoms with Gasteiger partial charge in [0.25, 0.3) is 5.69 Å². The van der Waals surface area contributed by atoms with Crippen molar-refractivity contribution in [1.82, 2.24) is 14.8 Å². The number of ketones is 1. The summed E-state index contributed by atoms with van der Waals surface area (Å²) in [5, 5.41) is 18.4. The molecule has 0 aliphatic carbocycles. The van der Waals surface area contributed by atoms with E-state index in [2.05, 4.69) is 15.4 Å². The number of anilines is 1. The predicted molar refractivity (Wildman–Crippen MR) is 96.0 cm³/mol. The van der Waals surface area contributed by atoms with Crippen LogP contribution in [0.15, 0.2) is 55.1 Å². The molecule has 0 saturated heterocycles. The Hall–Kier alpha value is -3.55. The van der Waals surface area contributed by atoms with Gasteiger partial charge < -0.3 is 5.32 Å². The highest BCUT2D eigenvalue weighted by atomic mass is 16.6. The Kier molecular flexibility index (Phi) is 5.02. The predicted octanol–water partition coefficient (Wildman–Crippen LogP) is 3.05. The van der Waals surface area contributed by atoms with Gasteiger partial charge in [-0.05, 0) is 30.2 Å². The third-order valence-corrected chi connectivity index (χ3v) is 3.92. The summed E-state index contributed by atoms with van der Waals surface area (Å²) in [7, 11) is 0. The lowest BCUT2D eigenvalue weighted by Crippen LogP contribution is -2.05. The monoisotopic (exact) mass is 351 g/mol. The number of Topliss-reactive ketones (excluding diaryl/α,β-unsaturated/α-hetero) is 1. The molecule has 0 aliphatic rings. The average Bonchev–Trinajstić information content (AvgIpc) is 3.14. The van der Waals surface area contributed by atoms with E-state index in [-0.39, 0.29) is 11.5 Å². The topological polar surface area (TPSA) is 103 Å². The van der Waals surface area contributed by atoms with Gasteiger partial charge in [0.1, 0.15) is 18.3 Å². The van der Waals surface area contributed by atoms with Crippen molar-refractivity contribution < 1.29 is 9.72 Å². The molecule has 0 spiro atoms. The van der Waals surface area contributed by atoms with Crippen molar-refractivity contribution in [2.75, 3.05) is 5.32 Å². The van der Waals surface area contributed by atoms with Gasteiger partial charge in [0.2, 0.25) is 0 Å². The summed E-state index contributed by atoms with van der Waals surface area (Å²) < 4.78 is 1.73. The molecule has 3 rings (SSSR count). The van der Waals surface area contributed by atoms with Crippen LogP contribution < -0.4 is 5.32 Å². The van der Waals surface area contributed by atoms with Gasteiger partial charge in [-0.15, -0.1) is 0 Å². The van der Waals surface area contributed by atoms with Crippen molar-refractivity contribution in [3.05, 3.63) is 81.9 Å². The van der Waals surface area contributed by atoms with E-state index in [1.54, 1.807) is 23.1 Å². The van der Waals surface area contributed by atoms with E-state index >= 15 is 0 Å². The molecule has 132 valence electrons. The Morgan fingerprint density at radius 1 is 1.19 bits per heavy atom. The minimum Gasteiger partial charge on any atom is -0.375 e. The largest absolute Gasteiger partial charge is 0.375 e. The fraction of sp³-hybridized carbons (Fsp3) is 0.167. The number of nitrogens with zero attached hydrogens (tertiary/aromatic N) is 4. The molecule has 0 radical (unpaired) electrons. The van der Waals surface area contributed by atoms with Gasteiger partial charge in [0, 0.05) is 18.2 Å². The fourth-order valence-electron chi connectivity index (χ4n) is 2.51. The van der Waals surface area contributed by atoms with Crippen LogP contribution >= 0.6 is 0 Å². The smallest absolute Gasteiger partial charge is 0.293 e. The molecule has 8 nitrogen and oxygen atoms in total. The Labute approximate surface area is 149 Å². The molecule has 1 heterocycles. The molecule has 3 aromatic rings. The first-order valence-corrected chi connectivity index (χ1v) is 7.96. The number of nitrogens with one attached hydrogen (secondary N) is 1. The van der Waals surface area contributed by atoms with Gasteiger partial charge in [-0.3, -0.25) is 14.9 Å². The SMILES string of the molecule is CC(=O)c1ccc(NCc2ccc(Cn3cncn3)cc2)c([N+](=O)[O-])c1. The maximum Gasteiger partial charge on any atom is 0.293 e. The highest BCUT2D eigenvalue weighted by Gasteiger charge is 2.15. The molecule has 0 unspecified atom stereocenters. The summed E-state index contributed by atoms with van der Waals surface area (Å²) in [5.74, 6) is -0.206. The van der Waals surface area contributed by atoms with E-state index in [9.17, 15) is 14.9 Å². The van der Waals surface area contributed by atoms with Crippen LogP contribution in [0.3, 0.4) is 0 Å². The number of nitro groups is 1. The van der Waals surface area contributed by atoms with Crippen molar-refractivity contribution in [2.24, 2.45) is 0 Å². The lowest BCUT2D eigenvalue weighted by Gasteiger charge is -2.09. The van der Waals surface area contributed by atoms with Crippen molar-refractivity contribution in [3.8, 4) is 0 Å². The third-order valence-electron chi connectivity index (χ3n) is 3.92. The van der Waals surface area contributed by atoms with Crippen LogP contribution in [0.5, 0.6) is 0 Å². The first-order chi connectivity index (χ1) is 12.5. The van der Waals surface area contributed by atoms with Crippen LogP contribution in [0, 0.1) is 10.1 Å². The minimum atomic E-state index is -0.490. The molecule has 1 N–H and O–H groups in total. The van der Waals surface area contributed by atoms with Crippen molar-refractivity contribution in [3.63, 3.8) is 0 Å². The van der Waals surface area contributed by atoms with E-state index < -0.39 is 4.92 Å². The van der Waals surface area contributed by atoms with Crippen molar-refractivity contribution >= 4 is 17.2 Å². The average molecular weight is 351 g/mol. The number of hydrogen-bond acceptors (Lipinski definition) is 6. The molecule has 8 heteroatoms. The summed E-state index contributed by atoms with van der Waals surface area (Å²) in [4.78, 5) is 26.1. The summed E-state index contributed by atoms with van der Waals surface area (Å²) in [6.07, 6.45) is 3.14. The Bertz CT molecular complexity index is 921. The normalized spacial score (nSPS) is 10.5. The molecule has 0 fully saturated rings. The molecular weight excluding hydrogens is 334 g/mol. The van der Waals surface area contributed by atoms with E-state index in [1.807, 2.05) is 24.3 Å². The Balaban J connectivity index is 1.68. The molecule has 0 saturated carbocycles. The molecule has 0 atom stereocenters. The van der Waals surface area contributed by atoms with E-state index in [0.29, 0.717) is 24.3 Å². The van der Waals surface area contributed by atoms with Gasteiger partial charge in [-0.2, -0.15) is 5.10 Å². The second kappa shape index (κ2) is 7.56. The zero-order valence-corrected chi connectivity index (χ0v) is 14.1. The zero-order valence-electron chi connectivity index (χ0n) is 14.1. The Morgan fingerprint density at radius 2 is 1.92 bits per heavy atom. The summed E-state index contributed by atoms with van der Waals surface area (Å²) in [6, 6.07) is 12.3. The van der Waals surface area contributed by atoms with E-state index in [4.69, 9.17) is 0 Å². The van der Waals surface area contributed by atoms with Crippen molar-refractivity contribution in [2.45, 2.75) is 20.0 Å². The highest BCUT2D eigenvalue weighted by molar-refractivity contribution is 5.95. The molecule has 0 aliphatic heterocycles. The summed E-state index contributed by atoms with van der Waals surface area (Å²) in [5.41, 5.74) is 2.65. The number of carbonyl (C=O) groups is 1. The molecule has 0 bridgehead atoms. The number of aromatic nitrogens is 3. The van der Waals surface area contributed by atoms with Crippen LogP contribution in [0.2, 0.25) is 0 Å². The van der Waals surface area contributed by atoms with Crippen LogP contribution in [0.25, 0.3) is 0 Å². The Morgan fingerprint density at radius 3 is 2.54 bits per heavy atom. The van der Waals surface area contributed by atoms with Crippen molar-refractivity contribution in [1.29, 1.82) is 0 Å². The number of carbonyl (C=O) groups excluding carboxylic acids is 1. The molecule has 26 heavy (non-hydrogen) atoms. The number of rotatable bonds is 7. The van der Waals surface area contributed by atoms with Crippen LogP contribution in [0.1, 0.15) is 28.4 Å². The fourth-order valence-corrected chi connectivity index (χ4v) is 2.51. The van der Waals surface area contributed by atoms with Gasteiger partial charge in [-0.1, -0.05) is 24.3 Å². The van der Waals surface area contributed by atoms with Crippen LogP contribution in [-0.4, -0.2) is 25.5 Å². The lowest BCUT2D eigenvalue weighted by atomic mass is 10.1. The second-order valence-corrected chi connectivity index (χ2v) is 5.81. The van der Waals surface area contributed by atoms with Gasteiger partial charge in [0.05, 0.1) is 11.5 Å². The molecule has 1 aromatic heterocycles. The first-order valence-electron chi connectivity index (χ1n) is 7.96. The number of nitro benzene ring substituents is 1. The lowest BCUT2D eigenvalue weighted by molar-refractivity contribution is -0.384. The summed E-state index contributed by atoms with van der Waals surface area (Å²) >= 11 is 0. The molecular formula is C18H17N5O3. The van der Waals surface area contributed by atoms with Gasteiger partial charge in [0.15, 0.2) is 5.78 Å². The number of benzene rings is 2. The molecule has 0 amide bonds. The minimum absolute atomic E-state index is 0.111. The van der Waals surface area contributed by atoms with Gasteiger partial charge >= 0.3 is 0 Å². The van der Waals surface area contributed by atoms with Gasteiger partial charge in [-0.25, -0.2) is 9.67 Å². The highest BCUT2D eigenvalue weighted by Crippen LogP contribution is 2.26. The summed E-state index contributed by atoms with van der Waals surface area (Å²) in [6.45, 7) is 2.45. The van der Waals surface area contributed by atoms with E-state index in [1.165, 1.54) is 19.3 Å². The standard InChI is InChI=1S/C18H17N5O3/c1-13(24)16-6-7-17(18(8-16)23(25)26)20-9-14-2-4-15(5-3-14)10-22-12-19-11-21-22/h2-8,11-12,20H,9-10H2,1H3.